The van der Waals surface area contributed by atoms with E-state index in [2.05, 4.69) is 106 Å². The Morgan fingerprint density at radius 3 is 2.53 bits per heavy atom. The van der Waals surface area contributed by atoms with Crippen LogP contribution in [0.15, 0.2) is 65.8 Å². The summed E-state index contributed by atoms with van der Waals surface area (Å²) in [7, 11) is -0.701. The molecule has 2 fully saturated rings. The first kappa shape index (κ1) is 35.8. The Balaban J connectivity index is 1.55. The molecule has 2 aromatic rings. The zero-order chi connectivity index (χ0) is 34.1. The quantitative estimate of drug-likeness (QED) is 0.153. The minimum absolute atomic E-state index is 0.000391. The lowest BCUT2D eigenvalue weighted by Crippen LogP contribution is -2.52. The molecule has 2 aromatic carbocycles. The molecular weight excluding hydrogens is 719 g/mol. The number of nitrogens with zero attached hydrogens (tertiary/aromatic N) is 2. The minimum Gasteiger partial charge on any atom is -0.497 e. The van der Waals surface area contributed by atoms with Crippen LogP contribution in [0.3, 0.4) is 0 Å². The third-order valence-corrected chi connectivity index (χ3v) is 15.8. The number of halogens is 1. The molecule has 0 bridgehead atoms. The fraction of sp³-hybridized carbons (Fsp3) is 0.526. The first-order chi connectivity index (χ1) is 22.3. The standard InChI is InChI=1S/C38H51IN2O5Si/c1-25(2)10-8-11-26(3)19-21-41-33-18-13-28(39)22-32(33)38(37(41)44)27(4)36(47(6,7)31-16-14-30(45-5)15-17-31)34(46-38)23-35(43)40-20-9-12-29(40)24-42/h10,13-19,22,27,29,34,36,42H,8-9,11-12,20-21,23-24H2,1-7H3/b26-19+/t27-,29+,34+,36-,38+/m1/s1. The molecule has 5 atom stereocenters. The molecule has 9 heteroatoms. The van der Waals surface area contributed by atoms with Crippen molar-refractivity contribution in [1.82, 2.24) is 4.90 Å². The Kier molecular flexibility index (Phi) is 11.1. The topological polar surface area (TPSA) is 79.3 Å². The van der Waals surface area contributed by atoms with Gasteiger partial charge in [-0.25, -0.2) is 0 Å². The van der Waals surface area contributed by atoms with Gasteiger partial charge in [0.2, 0.25) is 5.91 Å². The number of fused-ring (bicyclic) bond motifs is 2. The van der Waals surface area contributed by atoms with Gasteiger partial charge in [-0.15, -0.1) is 0 Å². The maximum atomic E-state index is 14.9. The van der Waals surface area contributed by atoms with Gasteiger partial charge in [0.05, 0.1) is 46.0 Å². The van der Waals surface area contributed by atoms with E-state index >= 15 is 0 Å². The maximum absolute atomic E-state index is 14.9. The van der Waals surface area contributed by atoms with Gasteiger partial charge in [0, 0.05) is 28.1 Å². The van der Waals surface area contributed by atoms with Crippen LogP contribution >= 0.6 is 22.6 Å². The molecule has 5 rings (SSSR count). The summed E-state index contributed by atoms with van der Waals surface area (Å²) in [5.41, 5.74) is 3.16. The molecule has 47 heavy (non-hydrogen) atoms. The van der Waals surface area contributed by atoms with Gasteiger partial charge in [-0.1, -0.05) is 60.6 Å². The van der Waals surface area contributed by atoms with Crippen molar-refractivity contribution < 1.29 is 24.2 Å². The van der Waals surface area contributed by atoms with E-state index in [1.165, 1.54) is 16.3 Å². The molecule has 0 saturated carbocycles. The number of hydrogen-bond donors (Lipinski definition) is 1. The monoisotopic (exact) mass is 770 g/mol. The number of methoxy groups -OCH3 is 1. The molecule has 0 aromatic heterocycles. The van der Waals surface area contributed by atoms with E-state index in [-0.39, 0.29) is 42.3 Å². The molecule has 0 aliphatic carbocycles. The van der Waals surface area contributed by atoms with E-state index in [9.17, 15) is 14.7 Å². The van der Waals surface area contributed by atoms with Gasteiger partial charge in [-0.3, -0.25) is 9.59 Å². The van der Waals surface area contributed by atoms with Crippen LogP contribution in [-0.4, -0.2) is 68.8 Å². The lowest BCUT2D eigenvalue weighted by atomic mass is 9.82. The van der Waals surface area contributed by atoms with Crippen LogP contribution in [0.1, 0.15) is 65.4 Å². The highest BCUT2D eigenvalue weighted by Gasteiger charge is 2.66. The molecule has 3 heterocycles. The molecule has 0 radical (unpaired) electrons. The molecule has 3 aliphatic rings. The summed E-state index contributed by atoms with van der Waals surface area (Å²) in [4.78, 5) is 32.6. The van der Waals surface area contributed by atoms with Crippen molar-refractivity contribution in [2.24, 2.45) is 5.92 Å². The average Bonchev–Trinajstić information content (AvgIpc) is 3.70. The lowest BCUT2D eigenvalue weighted by Gasteiger charge is -2.37. The van der Waals surface area contributed by atoms with Gasteiger partial charge in [-0.05, 0) is 105 Å². The van der Waals surface area contributed by atoms with Crippen LogP contribution < -0.4 is 14.8 Å². The average molecular weight is 771 g/mol. The third kappa shape index (κ3) is 6.87. The number of amides is 2. The van der Waals surface area contributed by atoms with Crippen molar-refractivity contribution in [3.05, 3.63) is 74.9 Å². The summed E-state index contributed by atoms with van der Waals surface area (Å²) in [5.74, 6) is 0.592. The van der Waals surface area contributed by atoms with Crippen molar-refractivity contribution in [1.29, 1.82) is 0 Å². The highest BCUT2D eigenvalue weighted by atomic mass is 127. The van der Waals surface area contributed by atoms with Gasteiger partial charge in [0.25, 0.3) is 5.91 Å². The van der Waals surface area contributed by atoms with E-state index in [0.29, 0.717) is 13.1 Å². The van der Waals surface area contributed by atoms with Gasteiger partial charge in [0.1, 0.15) is 5.75 Å². The zero-order valence-electron chi connectivity index (χ0n) is 29.0. The largest absolute Gasteiger partial charge is 0.497 e. The molecule has 2 saturated heterocycles. The number of aliphatic hydroxyl groups excluding tert-OH is 1. The molecule has 254 valence electrons. The molecule has 2 amide bonds. The second-order valence-electron chi connectivity index (χ2n) is 14.4. The smallest absolute Gasteiger partial charge is 0.264 e. The number of hydrogen-bond acceptors (Lipinski definition) is 5. The van der Waals surface area contributed by atoms with Crippen molar-refractivity contribution in [3.63, 3.8) is 0 Å². The van der Waals surface area contributed by atoms with Gasteiger partial charge in [0.15, 0.2) is 5.60 Å². The van der Waals surface area contributed by atoms with Crippen LogP contribution in [0.25, 0.3) is 0 Å². The Morgan fingerprint density at radius 2 is 1.87 bits per heavy atom. The molecule has 0 unspecified atom stereocenters. The van der Waals surface area contributed by atoms with E-state index in [1.807, 2.05) is 21.9 Å². The number of benzene rings is 2. The predicted octanol–water partition coefficient (Wildman–Crippen LogP) is 6.93. The first-order valence-corrected chi connectivity index (χ1v) is 21.1. The molecule has 1 spiro atoms. The van der Waals surface area contributed by atoms with Crippen molar-refractivity contribution in [2.75, 3.05) is 31.7 Å². The first-order valence-electron chi connectivity index (χ1n) is 17.0. The minimum atomic E-state index is -2.37. The Hall–Kier alpha value is -2.47. The SMILES string of the molecule is COc1ccc([Si](C)(C)[C@H]2[C@H](CC(=O)N3CCC[C@H]3CO)O[C@@]3(C(=O)N(C/C=C(\C)CCC=C(C)C)c4ccc(I)cc43)[C@@H]2C)cc1. The normalized spacial score (nSPS) is 25.9. The number of carbonyl (C=O) groups is 2. The summed E-state index contributed by atoms with van der Waals surface area (Å²) >= 11 is 2.32. The molecule has 1 N–H and O–H groups in total. The zero-order valence-corrected chi connectivity index (χ0v) is 32.2. The third-order valence-electron chi connectivity index (χ3n) is 10.8. The van der Waals surface area contributed by atoms with Gasteiger partial charge >= 0.3 is 0 Å². The van der Waals surface area contributed by atoms with Crippen molar-refractivity contribution >= 4 is 53.4 Å². The number of rotatable bonds is 11. The predicted molar refractivity (Wildman–Crippen MR) is 200 cm³/mol. The fourth-order valence-electron chi connectivity index (χ4n) is 8.25. The van der Waals surface area contributed by atoms with Crippen LogP contribution in [0.2, 0.25) is 18.6 Å². The van der Waals surface area contributed by atoms with Crippen LogP contribution in [0.4, 0.5) is 5.69 Å². The van der Waals surface area contributed by atoms with Gasteiger partial charge in [-0.2, -0.15) is 0 Å². The number of ether oxygens (including phenoxy) is 2. The number of carbonyl (C=O) groups excluding carboxylic acids is 2. The summed E-state index contributed by atoms with van der Waals surface area (Å²) in [6.07, 6.45) is 7.79. The van der Waals surface area contributed by atoms with E-state index in [1.54, 1.807) is 7.11 Å². The van der Waals surface area contributed by atoms with Crippen LogP contribution in [0, 0.1) is 9.49 Å². The summed E-state index contributed by atoms with van der Waals surface area (Å²) in [5, 5.41) is 11.2. The Labute approximate surface area is 295 Å². The maximum Gasteiger partial charge on any atom is 0.264 e. The Bertz CT molecular complexity index is 1530. The molecule has 3 aliphatic heterocycles. The highest BCUT2D eigenvalue weighted by Crippen LogP contribution is 2.60. The van der Waals surface area contributed by atoms with Crippen LogP contribution in [-0.2, 0) is 19.9 Å². The van der Waals surface area contributed by atoms with Gasteiger partial charge < -0.3 is 24.4 Å². The number of allylic oxidation sites excluding steroid dienone is 3. The number of anilines is 1. The Morgan fingerprint density at radius 1 is 1.15 bits per heavy atom. The summed E-state index contributed by atoms with van der Waals surface area (Å²) in [6.45, 7) is 14.3. The second-order valence-corrected chi connectivity index (χ2v) is 20.3. The molecule has 7 nitrogen and oxygen atoms in total. The van der Waals surface area contributed by atoms with Crippen molar-refractivity contribution in [3.8, 4) is 5.75 Å². The molecular formula is C38H51IN2O5Si. The second kappa shape index (κ2) is 14.6. The number of aliphatic hydroxyl groups is 1. The van der Waals surface area contributed by atoms with E-state index < -0.39 is 19.8 Å². The highest BCUT2D eigenvalue weighted by molar-refractivity contribution is 14.1. The van der Waals surface area contributed by atoms with E-state index in [0.717, 1.165) is 46.3 Å². The summed E-state index contributed by atoms with van der Waals surface area (Å²) < 4.78 is 13.7. The van der Waals surface area contributed by atoms with E-state index in [4.69, 9.17) is 9.47 Å². The number of likely N-dealkylation sites (tertiary alicyclic amines) is 1. The fourth-order valence-corrected chi connectivity index (χ4v) is 12.7. The lowest BCUT2D eigenvalue weighted by molar-refractivity contribution is -0.149. The van der Waals surface area contributed by atoms with Crippen LogP contribution in [0.5, 0.6) is 5.75 Å². The summed E-state index contributed by atoms with van der Waals surface area (Å²) in [6, 6.07) is 14.4. The van der Waals surface area contributed by atoms with Crippen molar-refractivity contribution in [2.45, 2.75) is 96.2 Å².